The molecule has 2 aromatic carbocycles. The van der Waals surface area contributed by atoms with Gasteiger partial charge in [-0.05, 0) is 60.6 Å². The summed E-state index contributed by atoms with van der Waals surface area (Å²) in [6, 6.07) is 13.1. The third-order valence-corrected chi connectivity index (χ3v) is 7.37. The molecule has 1 aliphatic carbocycles. The van der Waals surface area contributed by atoms with Crippen molar-refractivity contribution in [2.24, 2.45) is 5.92 Å². The number of aromatic amines is 1. The summed E-state index contributed by atoms with van der Waals surface area (Å²) in [5, 5.41) is 4.47. The Kier molecular flexibility index (Phi) is 5.60. The lowest BCUT2D eigenvalue weighted by Gasteiger charge is -2.33. The average Bonchev–Trinajstić information content (AvgIpc) is 3.37. The van der Waals surface area contributed by atoms with Gasteiger partial charge in [-0.3, -0.25) is 9.59 Å². The highest BCUT2D eigenvalue weighted by atomic mass is 16.5. The minimum Gasteiger partial charge on any atom is -0.497 e. The summed E-state index contributed by atoms with van der Waals surface area (Å²) < 4.78 is 5.42. The summed E-state index contributed by atoms with van der Waals surface area (Å²) in [6.07, 6.45) is 3.68. The van der Waals surface area contributed by atoms with E-state index < -0.39 is 6.04 Å². The van der Waals surface area contributed by atoms with Crippen molar-refractivity contribution in [3.05, 3.63) is 64.8 Å². The Hall–Kier alpha value is -3.28. The van der Waals surface area contributed by atoms with E-state index in [1.54, 1.807) is 12.0 Å². The molecule has 0 bridgehead atoms. The second-order valence-corrected chi connectivity index (χ2v) is 9.30. The zero-order valence-corrected chi connectivity index (χ0v) is 19.5. The molecule has 6 heteroatoms. The van der Waals surface area contributed by atoms with E-state index in [9.17, 15) is 9.59 Å². The van der Waals surface area contributed by atoms with Crippen molar-refractivity contribution >= 4 is 22.7 Å². The van der Waals surface area contributed by atoms with Crippen LogP contribution in [0.25, 0.3) is 10.9 Å². The van der Waals surface area contributed by atoms with Gasteiger partial charge in [0.15, 0.2) is 0 Å². The zero-order valence-electron chi connectivity index (χ0n) is 19.5. The van der Waals surface area contributed by atoms with Gasteiger partial charge >= 0.3 is 0 Å². The molecule has 2 heterocycles. The average molecular weight is 446 g/mol. The molecule has 0 saturated heterocycles. The van der Waals surface area contributed by atoms with Crippen LogP contribution in [0.15, 0.2) is 42.5 Å². The lowest BCUT2D eigenvalue weighted by Crippen LogP contribution is -2.51. The Morgan fingerprint density at radius 3 is 2.85 bits per heavy atom. The van der Waals surface area contributed by atoms with Gasteiger partial charge in [-0.15, -0.1) is 0 Å². The molecule has 1 aliphatic heterocycles. The van der Waals surface area contributed by atoms with Crippen molar-refractivity contribution in [2.45, 2.75) is 58.2 Å². The lowest BCUT2D eigenvalue weighted by atomic mass is 9.90. The van der Waals surface area contributed by atoms with Crippen LogP contribution in [-0.2, 0) is 17.8 Å². The summed E-state index contributed by atoms with van der Waals surface area (Å²) in [5.74, 6) is 0.769. The van der Waals surface area contributed by atoms with Crippen LogP contribution in [0.3, 0.4) is 0 Å². The Morgan fingerprint density at radius 1 is 1.27 bits per heavy atom. The van der Waals surface area contributed by atoms with Crippen LogP contribution < -0.4 is 10.1 Å². The van der Waals surface area contributed by atoms with E-state index >= 15 is 0 Å². The van der Waals surface area contributed by atoms with E-state index in [-0.39, 0.29) is 23.8 Å². The number of methoxy groups -OCH3 is 1. The number of nitrogens with zero attached hydrogens (tertiary/aromatic N) is 1. The molecule has 33 heavy (non-hydrogen) atoms. The smallest absolute Gasteiger partial charge is 0.255 e. The summed E-state index contributed by atoms with van der Waals surface area (Å²) >= 11 is 0. The number of aryl methyl sites for hydroxylation is 1. The number of H-pyrrole nitrogens is 1. The van der Waals surface area contributed by atoms with Crippen LogP contribution in [0.2, 0.25) is 0 Å². The van der Waals surface area contributed by atoms with Crippen LogP contribution in [0, 0.1) is 5.92 Å². The largest absolute Gasteiger partial charge is 0.497 e. The number of amides is 2. The summed E-state index contributed by atoms with van der Waals surface area (Å²) in [6.45, 7) is 4.62. The first-order valence-electron chi connectivity index (χ1n) is 11.9. The molecular formula is C27H31N3O3. The topological polar surface area (TPSA) is 74.4 Å². The molecule has 2 N–H and O–H groups in total. The number of aromatic nitrogens is 1. The fraction of sp³-hybridized carbons (Fsp3) is 0.407. The van der Waals surface area contributed by atoms with Crippen molar-refractivity contribution < 1.29 is 14.3 Å². The van der Waals surface area contributed by atoms with E-state index in [1.807, 2.05) is 36.4 Å². The fourth-order valence-electron chi connectivity index (χ4n) is 5.40. The minimum atomic E-state index is -0.496. The molecule has 3 atom stereocenters. The lowest BCUT2D eigenvalue weighted by molar-refractivity contribution is -0.128. The summed E-state index contributed by atoms with van der Waals surface area (Å²) in [4.78, 5) is 32.1. The van der Waals surface area contributed by atoms with Gasteiger partial charge in [-0.1, -0.05) is 38.5 Å². The Balaban J connectivity index is 1.43. The molecule has 2 amide bonds. The number of nitrogens with one attached hydrogen (secondary N) is 2. The van der Waals surface area contributed by atoms with Gasteiger partial charge < -0.3 is 19.9 Å². The van der Waals surface area contributed by atoms with Crippen LogP contribution in [0.1, 0.15) is 66.3 Å². The quantitative estimate of drug-likeness (QED) is 0.575. The Bertz CT molecular complexity index is 1210. The van der Waals surface area contributed by atoms with E-state index in [4.69, 9.17) is 4.74 Å². The number of benzene rings is 2. The molecule has 2 aliphatic rings. The monoisotopic (exact) mass is 445 g/mol. The normalized spacial score (nSPS) is 19.2. The maximum atomic E-state index is 13.7. The molecular weight excluding hydrogens is 414 g/mol. The van der Waals surface area contributed by atoms with E-state index in [2.05, 4.69) is 30.2 Å². The highest BCUT2D eigenvalue weighted by Gasteiger charge is 2.40. The molecule has 172 valence electrons. The highest BCUT2D eigenvalue weighted by molar-refractivity contribution is 6.01. The molecule has 1 unspecified atom stereocenters. The van der Waals surface area contributed by atoms with Crippen molar-refractivity contribution in [1.82, 2.24) is 15.2 Å². The van der Waals surface area contributed by atoms with Crippen LogP contribution in [-0.4, -0.2) is 34.8 Å². The molecule has 0 spiro atoms. The van der Waals surface area contributed by atoms with Crippen molar-refractivity contribution in [1.29, 1.82) is 0 Å². The van der Waals surface area contributed by atoms with Gasteiger partial charge in [0.2, 0.25) is 5.91 Å². The second kappa shape index (κ2) is 8.58. The predicted molar refractivity (Wildman–Crippen MR) is 128 cm³/mol. The molecule has 6 nitrogen and oxygen atoms in total. The molecule has 0 radical (unpaired) electrons. The van der Waals surface area contributed by atoms with Crippen molar-refractivity contribution in [2.75, 3.05) is 7.11 Å². The van der Waals surface area contributed by atoms with Gasteiger partial charge in [0.1, 0.15) is 11.8 Å². The van der Waals surface area contributed by atoms with Gasteiger partial charge in [0.25, 0.3) is 5.91 Å². The number of rotatable bonds is 6. The maximum Gasteiger partial charge on any atom is 0.255 e. The van der Waals surface area contributed by atoms with Crippen LogP contribution in [0.4, 0.5) is 0 Å². The van der Waals surface area contributed by atoms with Crippen LogP contribution in [0.5, 0.6) is 5.75 Å². The standard InChI is InChI=1S/C27H31N3O3/c1-4-16(2)25(30-15-17-8-5-6-9-19(17)27(30)32)26(31)29-23-11-7-10-20-21-14-18(33-3)12-13-22(21)28-24(20)23/h5-6,8-9,12-14,16,23,25,28H,4,7,10-11,15H2,1-3H3,(H,29,31)/t16-,23?,25+/m0/s1. The third kappa shape index (κ3) is 3.67. The second-order valence-electron chi connectivity index (χ2n) is 9.30. The summed E-state index contributed by atoms with van der Waals surface area (Å²) in [5.41, 5.74) is 5.10. The Labute approximate surface area is 194 Å². The number of fused-ring (bicyclic) bond motifs is 4. The number of ether oxygens (including phenoxy) is 1. The van der Waals surface area contributed by atoms with Gasteiger partial charge in [0.05, 0.1) is 13.2 Å². The van der Waals surface area contributed by atoms with Crippen molar-refractivity contribution in [3.63, 3.8) is 0 Å². The van der Waals surface area contributed by atoms with E-state index in [0.717, 1.165) is 53.6 Å². The molecule has 0 saturated carbocycles. The Morgan fingerprint density at radius 2 is 2.09 bits per heavy atom. The highest BCUT2D eigenvalue weighted by Crippen LogP contribution is 2.37. The van der Waals surface area contributed by atoms with Crippen LogP contribution >= 0.6 is 0 Å². The SMILES string of the molecule is CC[C@H](C)[C@H](C(=O)NC1CCCc2c1[nH]c1ccc(OC)cc21)N1Cc2ccccc2C1=O. The first-order chi connectivity index (χ1) is 16.0. The first kappa shape index (κ1) is 21.6. The van der Waals surface area contributed by atoms with E-state index in [0.29, 0.717) is 12.1 Å². The summed E-state index contributed by atoms with van der Waals surface area (Å²) in [7, 11) is 1.68. The van der Waals surface area contributed by atoms with Crippen molar-refractivity contribution in [3.8, 4) is 5.75 Å². The number of hydrogen-bond acceptors (Lipinski definition) is 3. The van der Waals surface area contributed by atoms with Gasteiger partial charge in [-0.2, -0.15) is 0 Å². The molecule has 3 aromatic rings. The van der Waals surface area contributed by atoms with Gasteiger partial charge in [0, 0.05) is 28.7 Å². The number of hydrogen-bond donors (Lipinski definition) is 2. The predicted octanol–water partition coefficient (Wildman–Crippen LogP) is 4.74. The van der Waals surface area contributed by atoms with E-state index in [1.165, 1.54) is 5.56 Å². The minimum absolute atomic E-state index is 0.0481. The number of carbonyl (C=O) groups is 2. The maximum absolute atomic E-state index is 13.7. The fourth-order valence-corrected chi connectivity index (χ4v) is 5.40. The third-order valence-electron chi connectivity index (χ3n) is 7.37. The first-order valence-corrected chi connectivity index (χ1v) is 11.9. The molecule has 0 fully saturated rings. The molecule has 1 aromatic heterocycles. The zero-order chi connectivity index (χ0) is 23.1. The number of carbonyl (C=O) groups excluding carboxylic acids is 2. The van der Waals surface area contributed by atoms with Gasteiger partial charge in [-0.25, -0.2) is 0 Å². The molecule has 5 rings (SSSR count).